The van der Waals surface area contributed by atoms with Gasteiger partial charge in [0.15, 0.2) is 0 Å². The molecule has 0 heterocycles. The maximum absolute atomic E-state index is 12.9. The summed E-state index contributed by atoms with van der Waals surface area (Å²) >= 11 is 0. The van der Waals surface area contributed by atoms with Crippen molar-refractivity contribution < 1.29 is 98.3 Å². The number of hydrogen-bond donors (Lipinski definition) is 8. The second-order valence-electron chi connectivity index (χ2n) is 11.7. The molecule has 0 saturated carbocycles. The fraction of sp³-hybridized carbons (Fsp3) is 0.0811. The van der Waals surface area contributed by atoms with Gasteiger partial charge in [0.25, 0.3) is 5.41 Å². The van der Waals surface area contributed by atoms with E-state index in [9.17, 15) is 88.8 Å². The van der Waals surface area contributed by atoms with Gasteiger partial charge in [-0.2, -0.15) is 0 Å². The van der Waals surface area contributed by atoms with Crippen molar-refractivity contribution in [3.05, 3.63) is 129 Å². The Morgan fingerprint density at radius 2 is 0.737 bits per heavy atom. The van der Waals surface area contributed by atoms with Gasteiger partial charge in [-0.3, -0.25) is 19.2 Å². The highest BCUT2D eigenvalue weighted by molar-refractivity contribution is 6.19. The van der Waals surface area contributed by atoms with Crippen molar-refractivity contribution in [2.75, 3.05) is 0 Å². The summed E-state index contributed by atoms with van der Waals surface area (Å²) in [7, 11) is 0. The van der Waals surface area contributed by atoms with Crippen LogP contribution in [0.15, 0.2) is 84.9 Å². The van der Waals surface area contributed by atoms with Crippen LogP contribution in [0.5, 0.6) is 11.5 Å². The maximum atomic E-state index is 12.9. The summed E-state index contributed by atoms with van der Waals surface area (Å²) in [4.78, 5) is 123. The topological polar surface area (TPSA) is 351 Å². The highest BCUT2D eigenvalue weighted by Crippen LogP contribution is 2.51. The highest BCUT2D eigenvalue weighted by Gasteiger charge is 2.70. The van der Waals surface area contributed by atoms with Crippen LogP contribution < -0.4 is 9.47 Å². The van der Waals surface area contributed by atoms with Crippen molar-refractivity contribution in [3.8, 4) is 11.5 Å². The summed E-state index contributed by atoms with van der Waals surface area (Å²) in [5.41, 5.74) is -12.0. The number of carbonyl (C=O) groups excluding carboxylic acids is 2. The second kappa shape index (κ2) is 15.9. The summed E-state index contributed by atoms with van der Waals surface area (Å²) < 4.78 is 10.4. The molecule has 57 heavy (non-hydrogen) atoms. The molecule has 0 saturated heterocycles. The number of aromatic carboxylic acids is 4. The summed E-state index contributed by atoms with van der Waals surface area (Å²) in [6, 6.07) is 12.0. The van der Waals surface area contributed by atoms with Crippen LogP contribution in [0.2, 0.25) is 0 Å². The lowest BCUT2D eigenvalue weighted by molar-refractivity contribution is -0.181. The van der Waals surface area contributed by atoms with Gasteiger partial charge in [0.05, 0.1) is 45.2 Å². The molecule has 8 N–H and O–H groups in total. The molecule has 0 aliphatic carbocycles. The molecule has 0 fully saturated rings. The third-order valence-electron chi connectivity index (χ3n) is 8.57. The maximum Gasteiger partial charge on any atom is 0.343 e. The Morgan fingerprint density at radius 1 is 0.421 bits per heavy atom. The summed E-state index contributed by atoms with van der Waals surface area (Å²) in [5, 5.41) is 78.2. The van der Waals surface area contributed by atoms with Crippen LogP contribution in [0, 0.1) is 5.41 Å². The van der Waals surface area contributed by atoms with E-state index in [1.807, 2.05) is 0 Å². The molecule has 4 aromatic rings. The van der Waals surface area contributed by atoms with E-state index >= 15 is 0 Å². The first-order valence-corrected chi connectivity index (χ1v) is 15.5. The normalized spacial score (nSPS) is 11.1. The van der Waals surface area contributed by atoms with Gasteiger partial charge >= 0.3 is 59.7 Å². The third kappa shape index (κ3) is 7.66. The van der Waals surface area contributed by atoms with Gasteiger partial charge in [0.1, 0.15) is 11.5 Å². The number of benzene rings is 4. The predicted octanol–water partition coefficient (Wildman–Crippen LogP) is 2.92. The number of hydrogen-bond acceptors (Lipinski definition) is 12. The fourth-order valence-electron chi connectivity index (χ4n) is 6.00. The van der Waals surface area contributed by atoms with Gasteiger partial charge in [0.2, 0.25) is 0 Å². The van der Waals surface area contributed by atoms with Gasteiger partial charge in [-0.05, 0) is 71.8 Å². The molecule has 0 aromatic heterocycles. The Balaban J connectivity index is 1.83. The van der Waals surface area contributed by atoms with Gasteiger partial charge in [0, 0.05) is 0 Å². The Labute approximate surface area is 316 Å². The highest BCUT2D eigenvalue weighted by atomic mass is 16.5. The van der Waals surface area contributed by atoms with Crippen molar-refractivity contribution in [1.29, 1.82) is 0 Å². The molecule has 0 radical (unpaired) electrons. The Morgan fingerprint density at radius 3 is 1.00 bits per heavy atom. The lowest BCUT2D eigenvalue weighted by Gasteiger charge is -2.42. The van der Waals surface area contributed by atoms with Crippen LogP contribution >= 0.6 is 0 Å². The average molecular weight is 789 g/mol. The number of aliphatic carboxylic acids is 4. The molecule has 0 unspecified atom stereocenters. The summed E-state index contributed by atoms with van der Waals surface area (Å²) in [6.45, 7) is 0. The van der Waals surface area contributed by atoms with E-state index < -0.39 is 133 Å². The van der Waals surface area contributed by atoms with E-state index in [1.165, 1.54) is 0 Å². The molecule has 0 spiro atoms. The monoisotopic (exact) mass is 788 g/mol. The number of carbonyl (C=O) groups is 10. The molecule has 0 atom stereocenters. The molecule has 0 aliphatic heterocycles. The van der Waals surface area contributed by atoms with Crippen LogP contribution in [-0.4, -0.2) is 101 Å². The summed E-state index contributed by atoms with van der Waals surface area (Å²) in [5.74, 6) is -19.3. The van der Waals surface area contributed by atoms with Gasteiger partial charge in [-0.1, -0.05) is 24.3 Å². The molecule has 0 amide bonds. The molecule has 292 valence electrons. The molecule has 4 rings (SSSR count). The van der Waals surface area contributed by atoms with E-state index in [0.717, 1.165) is 72.8 Å². The van der Waals surface area contributed by atoms with Crippen LogP contribution in [0.1, 0.15) is 79.7 Å². The zero-order valence-corrected chi connectivity index (χ0v) is 28.3. The number of ether oxygens (including phenoxy) is 2. The molecule has 0 bridgehead atoms. The quantitative estimate of drug-likeness (QED) is 0.0459. The first-order chi connectivity index (χ1) is 26.7. The second-order valence-corrected chi connectivity index (χ2v) is 11.7. The lowest BCUT2D eigenvalue weighted by atomic mass is 9.54. The Bertz CT molecular complexity index is 2220. The van der Waals surface area contributed by atoms with Crippen molar-refractivity contribution >= 4 is 59.7 Å². The molecular formula is C37H24O20. The van der Waals surface area contributed by atoms with Crippen LogP contribution in [0.25, 0.3) is 0 Å². The first-order valence-electron chi connectivity index (χ1n) is 15.5. The van der Waals surface area contributed by atoms with Crippen molar-refractivity contribution in [2.24, 2.45) is 5.41 Å². The van der Waals surface area contributed by atoms with Crippen LogP contribution in [0.3, 0.4) is 0 Å². The van der Waals surface area contributed by atoms with Crippen molar-refractivity contribution in [2.45, 2.75) is 11.8 Å². The van der Waals surface area contributed by atoms with E-state index in [1.54, 1.807) is 0 Å². The van der Waals surface area contributed by atoms with Gasteiger partial charge in [-0.25, -0.2) is 28.8 Å². The molecule has 4 aromatic carbocycles. The molecular weight excluding hydrogens is 764 g/mol. The Hall–Kier alpha value is -8.42. The van der Waals surface area contributed by atoms with Crippen molar-refractivity contribution in [1.82, 2.24) is 0 Å². The lowest BCUT2D eigenvalue weighted by Crippen LogP contribution is -2.62. The molecule has 0 aliphatic rings. The number of rotatable bonds is 16. The van der Waals surface area contributed by atoms with Crippen molar-refractivity contribution in [3.63, 3.8) is 0 Å². The first kappa shape index (κ1) is 41.3. The zero-order valence-electron chi connectivity index (χ0n) is 28.3. The number of carboxylic acid groups (broad SMARTS) is 8. The smallest absolute Gasteiger partial charge is 0.343 e. The molecule has 20 heteroatoms. The minimum absolute atomic E-state index is 0.400. The van der Waals surface area contributed by atoms with Gasteiger partial charge < -0.3 is 50.3 Å². The number of carboxylic acids is 8. The van der Waals surface area contributed by atoms with Crippen LogP contribution in [-0.2, 0) is 24.6 Å². The predicted molar refractivity (Wildman–Crippen MR) is 182 cm³/mol. The van der Waals surface area contributed by atoms with E-state index in [4.69, 9.17) is 9.47 Å². The SMILES string of the molecule is O=C(O)CC(c1ccc(OC(=O)c2ccc(C(=O)O)c(C(=O)O)c2)cc1)(c1ccc(OC(=O)c2ccc(C(=O)O)c(C(=O)O)c2)cc1)C(C(=O)O)(C(=O)O)C(=O)O. The van der Waals surface area contributed by atoms with E-state index in [0.29, 0.717) is 12.1 Å². The van der Waals surface area contributed by atoms with E-state index in [2.05, 4.69) is 0 Å². The third-order valence-corrected chi connectivity index (χ3v) is 8.57. The zero-order chi connectivity index (χ0) is 42.6. The Kier molecular flexibility index (Phi) is 11.5. The fourth-order valence-corrected chi connectivity index (χ4v) is 6.00. The minimum Gasteiger partial charge on any atom is -0.481 e. The van der Waals surface area contributed by atoms with E-state index in [-0.39, 0.29) is 0 Å². The van der Waals surface area contributed by atoms with Gasteiger partial charge in [-0.15, -0.1) is 0 Å². The standard InChI is InChI=1S/C37H24O20/c38-26(39)15-36(37(33(50)51,34(52)53)35(54)55,18-3-7-20(8-4-18)56-31(48)16-1-11-22(27(40)41)24(13-16)29(44)45)19-5-9-21(10-6-19)57-32(49)17-2-12-23(28(42)43)25(14-17)30(46)47/h1-14H,15H2,(H,38,39)(H,40,41)(H,42,43)(H,44,45)(H,46,47)(H,50,51)(H,52,53)(H,54,55). The average Bonchev–Trinajstić information content (AvgIpc) is 3.13. The number of esters is 2. The summed E-state index contributed by atoms with van der Waals surface area (Å²) in [6.07, 6.45) is -1.53. The largest absolute Gasteiger partial charge is 0.481 e. The molecule has 20 nitrogen and oxygen atoms in total. The van der Waals surface area contributed by atoms with Crippen LogP contribution in [0.4, 0.5) is 0 Å². The minimum atomic E-state index is -4.01.